The first-order valence-corrected chi connectivity index (χ1v) is 9.01. The minimum absolute atomic E-state index is 0.165. The van der Waals surface area contributed by atoms with E-state index < -0.39 is 0 Å². The summed E-state index contributed by atoms with van der Waals surface area (Å²) >= 11 is 0. The summed E-state index contributed by atoms with van der Waals surface area (Å²) in [6.07, 6.45) is 4.94. The Bertz CT molecular complexity index is 773. The maximum Gasteiger partial charge on any atom is 0.323 e. The van der Waals surface area contributed by atoms with Gasteiger partial charge in [-0.25, -0.2) is 0 Å². The van der Waals surface area contributed by atoms with Gasteiger partial charge in [0.1, 0.15) is 6.04 Å². The average Bonchev–Trinajstić information content (AvgIpc) is 2.99. The van der Waals surface area contributed by atoms with Crippen LogP contribution in [0.15, 0.2) is 36.5 Å². The molecule has 2 fully saturated rings. The van der Waals surface area contributed by atoms with Gasteiger partial charge in [-0.15, -0.1) is 0 Å². The Kier molecular flexibility index (Phi) is 4.44. The van der Waals surface area contributed by atoms with Crippen LogP contribution in [0.1, 0.15) is 31.2 Å². The number of aromatic nitrogens is 1. The second kappa shape index (κ2) is 6.73. The monoisotopic (exact) mass is 340 g/mol. The van der Waals surface area contributed by atoms with Crippen LogP contribution in [-0.4, -0.2) is 46.3 Å². The van der Waals surface area contributed by atoms with Gasteiger partial charge < -0.3 is 9.84 Å². The van der Waals surface area contributed by atoms with Crippen molar-refractivity contribution in [3.8, 4) is 0 Å². The number of carbonyl (C=O) groups is 1. The number of aliphatic hydroxyl groups excluding tert-OH is 1. The van der Waals surface area contributed by atoms with Crippen molar-refractivity contribution >= 4 is 16.9 Å². The number of esters is 1. The number of para-hydroxylation sites is 1. The summed E-state index contributed by atoms with van der Waals surface area (Å²) in [5.74, 6) is 0.294. The Hall–Kier alpha value is -1.98. The molecular formula is C20H24N2O3. The summed E-state index contributed by atoms with van der Waals surface area (Å²) in [5.41, 5.74) is 2.13. The highest BCUT2D eigenvalue weighted by Gasteiger charge is 2.47. The summed E-state index contributed by atoms with van der Waals surface area (Å²) in [6, 6.07) is 10.1. The van der Waals surface area contributed by atoms with Gasteiger partial charge in [0, 0.05) is 24.2 Å². The molecule has 4 rings (SSSR count). The van der Waals surface area contributed by atoms with Crippen molar-refractivity contribution in [2.75, 3.05) is 7.11 Å². The van der Waals surface area contributed by atoms with Gasteiger partial charge in [0.15, 0.2) is 0 Å². The Labute approximate surface area is 147 Å². The Balaban J connectivity index is 1.68. The van der Waals surface area contributed by atoms with E-state index in [1.165, 1.54) is 12.7 Å². The van der Waals surface area contributed by atoms with E-state index in [9.17, 15) is 9.90 Å². The summed E-state index contributed by atoms with van der Waals surface area (Å²) in [4.78, 5) is 19.0. The molecule has 1 aromatic carbocycles. The quantitative estimate of drug-likeness (QED) is 0.870. The molecule has 0 unspecified atom stereocenters. The molecule has 0 bridgehead atoms. The molecule has 0 spiro atoms. The van der Waals surface area contributed by atoms with E-state index in [1.807, 2.05) is 30.5 Å². The molecule has 2 heterocycles. The highest BCUT2D eigenvalue weighted by atomic mass is 16.5. The first-order chi connectivity index (χ1) is 12.2. The van der Waals surface area contributed by atoms with Crippen LogP contribution in [0.3, 0.4) is 0 Å². The van der Waals surface area contributed by atoms with Gasteiger partial charge in [0.25, 0.3) is 0 Å². The molecular weight excluding hydrogens is 316 g/mol. The minimum atomic E-state index is -0.269. The molecule has 0 radical (unpaired) electrons. The molecule has 25 heavy (non-hydrogen) atoms. The smallest absolute Gasteiger partial charge is 0.323 e. The molecule has 5 nitrogen and oxygen atoms in total. The number of hydrogen-bond acceptors (Lipinski definition) is 5. The number of rotatable bonds is 3. The number of hydrogen-bond donors (Lipinski definition) is 1. The number of carbonyl (C=O) groups excluding carboxylic acids is 1. The molecule has 2 aliphatic rings. The lowest BCUT2D eigenvalue weighted by atomic mass is 9.83. The van der Waals surface area contributed by atoms with Crippen LogP contribution in [0, 0.1) is 5.92 Å². The SMILES string of the molecule is COC(=O)[C@H]1C[C@@H]2CC[C@H](O)C[C@@H]2N1Cc1ccnc2ccccc12. The number of likely N-dealkylation sites (tertiary alicyclic amines) is 1. The van der Waals surface area contributed by atoms with E-state index in [4.69, 9.17) is 4.74 Å². The van der Waals surface area contributed by atoms with Crippen LogP contribution in [0.4, 0.5) is 0 Å². The molecule has 132 valence electrons. The third kappa shape index (κ3) is 3.02. The van der Waals surface area contributed by atoms with E-state index in [0.29, 0.717) is 12.5 Å². The lowest BCUT2D eigenvalue weighted by molar-refractivity contribution is -0.146. The Morgan fingerprint density at radius 1 is 1.28 bits per heavy atom. The molecule has 4 atom stereocenters. The standard InChI is InChI=1S/C20H24N2O3/c1-25-20(24)19-10-13-6-7-15(23)11-18(13)22(19)12-14-8-9-21-17-5-3-2-4-16(14)17/h2-5,8-9,13,15,18-19,23H,6-7,10-12H2,1H3/t13-,15-,18-,19+/m0/s1. The third-order valence-corrected chi connectivity index (χ3v) is 5.85. The third-order valence-electron chi connectivity index (χ3n) is 5.85. The molecule has 5 heteroatoms. The summed E-state index contributed by atoms with van der Waals surface area (Å²) in [6.45, 7) is 0.677. The predicted molar refractivity (Wildman–Crippen MR) is 94.8 cm³/mol. The molecule has 2 aromatic rings. The predicted octanol–water partition coefficient (Wildman–Crippen LogP) is 2.51. The number of pyridine rings is 1. The molecule has 1 aromatic heterocycles. The largest absolute Gasteiger partial charge is 0.468 e. The Morgan fingerprint density at radius 2 is 2.12 bits per heavy atom. The molecule has 1 aliphatic carbocycles. The van der Waals surface area contributed by atoms with E-state index in [0.717, 1.165) is 36.6 Å². The van der Waals surface area contributed by atoms with Crippen LogP contribution in [0.5, 0.6) is 0 Å². The van der Waals surface area contributed by atoms with E-state index in [-0.39, 0.29) is 24.2 Å². The average molecular weight is 340 g/mol. The highest BCUT2D eigenvalue weighted by molar-refractivity contribution is 5.82. The number of fused-ring (bicyclic) bond motifs is 2. The fourth-order valence-electron chi connectivity index (χ4n) is 4.61. The number of ether oxygens (including phenoxy) is 1. The molecule has 1 saturated heterocycles. The zero-order valence-electron chi connectivity index (χ0n) is 14.5. The van der Waals surface area contributed by atoms with E-state index in [1.54, 1.807) is 0 Å². The van der Waals surface area contributed by atoms with Crippen molar-refractivity contribution in [2.24, 2.45) is 5.92 Å². The highest BCUT2D eigenvalue weighted by Crippen LogP contribution is 2.41. The van der Waals surface area contributed by atoms with Crippen molar-refractivity contribution in [2.45, 2.75) is 50.4 Å². The lowest BCUT2D eigenvalue weighted by Crippen LogP contribution is -2.44. The van der Waals surface area contributed by atoms with Crippen molar-refractivity contribution in [3.63, 3.8) is 0 Å². The van der Waals surface area contributed by atoms with Crippen LogP contribution in [0.2, 0.25) is 0 Å². The number of benzene rings is 1. The van der Waals surface area contributed by atoms with Gasteiger partial charge in [-0.3, -0.25) is 14.7 Å². The van der Waals surface area contributed by atoms with E-state index in [2.05, 4.69) is 16.0 Å². The van der Waals surface area contributed by atoms with Crippen molar-refractivity contribution < 1.29 is 14.6 Å². The van der Waals surface area contributed by atoms with Crippen molar-refractivity contribution in [3.05, 3.63) is 42.1 Å². The molecule has 0 amide bonds. The van der Waals surface area contributed by atoms with Crippen LogP contribution >= 0.6 is 0 Å². The van der Waals surface area contributed by atoms with Crippen molar-refractivity contribution in [1.29, 1.82) is 0 Å². The maximum atomic E-state index is 12.4. The molecule has 1 N–H and O–H groups in total. The zero-order chi connectivity index (χ0) is 17.4. The fourth-order valence-corrected chi connectivity index (χ4v) is 4.61. The van der Waals surface area contributed by atoms with Gasteiger partial charge >= 0.3 is 5.97 Å². The maximum absolute atomic E-state index is 12.4. The van der Waals surface area contributed by atoms with Gasteiger partial charge in [-0.05, 0) is 49.3 Å². The van der Waals surface area contributed by atoms with Gasteiger partial charge in [0.2, 0.25) is 0 Å². The number of nitrogens with zero attached hydrogens (tertiary/aromatic N) is 2. The first-order valence-electron chi connectivity index (χ1n) is 9.01. The van der Waals surface area contributed by atoms with Gasteiger partial charge in [-0.1, -0.05) is 18.2 Å². The molecule has 1 saturated carbocycles. The number of methoxy groups -OCH3 is 1. The molecule has 1 aliphatic heterocycles. The Morgan fingerprint density at radius 3 is 2.96 bits per heavy atom. The van der Waals surface area contributed by atoms with E-state index >= 15 is 0 Å². The topological polar surface area (TPSA) is 62.7 Å². The second-order valence-electron chi connectivity index (χ2n) is 7.23. The summed E-state index contributed by atoms with van der Waals surface area (Å²) < 4.78 is 5.07. The second-order valence-corrected chi connectivity index (χ2v) is 7.23. The van der Waals surface area contributed by atoms with Gasteiger partial charge in [-0.2, -0.15) is 0 Å². The fraction of sp³-hybridized carbons (Fsp3) is 0.500. The normalized spacial score (nSPS) is 29.5. The van der Waals surface area contributed by atoms with Gasteiger partial charge in [0.05, 0.1) is 18.7 Å². The minimum Gasteiger partial charge on any atom is -0.468 e. The van der Waals surface area contributed by atoms with Crippen LogP contribution in [0.25, 0.3) is 10.9 Å². The lowest BCUT2D eigenvalue weighted by Gasteiger charge is -2.35. The van der Waals surface area contributed by atoms with Crippen molar-refractivity contribution in [1.82, 2.24) is 9.88 Å². The van der Waals surface area contributed by atoms with Crippen LogP contribution in [-0.2, 0) is 16.1 Å². The number of aliphatic hydroxyl groups is 1. The first kappa shape index (κ1) is 16.5. The zero-order valence-corrected chi connectivity index (χ0v) is 14.5. The summed E-state index contributed by atoms with van der Waals surface area (Å²) in [5, 5.41) is 11.3. The summed E-state index contributed by atoms with van der Waals surface area (Å²) in [7, 11) is 1.46. The van der Waals surface area contributed by atoms with Crippen LogP contribution < -0.4 is 0 Å².